The van der Waals surface area contributed by atoms with Gasteiger partial charge in [0.15, 0.2) is 0 Å². The van der Waals surface area contributed by atoms with Crippen LogP contribution in [0.25, 0.3) is 0 Å². The molecule has 0 aromatic heterocycles. The van der Waals surface area contributed by atoms with Crippen molar-refractivity contribution in [1.29, 1.82) is 5.26 Å². The highest BCUT2D eigenvalue weighted by Crippen LogP contribution is 2.38. The van der Waals surface area contributed by atoms with Crippen LogP contribution in [0.15, 0.2) is 30.3 Å². The summed E-state index contributed by atoms with van der Waals surface area (Å²) < 4.78 is 0. The van der Waals surface area contributed by atoms with Crippen LogP contribution in [0, 0.1) is 16.7 Å². The van der Waals surface area contributed by atoms with Crippen LogP contribution in [0.5, 0.6) is 0 Å². The lowest BCUT2D eigenvalue weighted by Gasteiger charge is -2.23. The first-order chi connectivity index (χ1) is 8.68. The van der Waals surface area contributed by atoms with E-state index in [1.807, 2.05) is 37.3 Å². The van der Waals surface area contributed by atoms with Crippen molar-refractivity contribution >= 4 is 5.91 Å². The summed E-state index contributed by atoms with van der Waals surface area (Å²) in [5.74, 6) is -0.112. The Morgan fingerprint density at radius 3 is 2.50 bits per heavy atom. The van der Waals surface area contributed by atoms with Crippen molar-refractivity contribution in [1.82, 2.24) is 5.32 Å². The van der Waals surface area contributed by atoms with Gasteiger partial charge in [-0.2, -0.15) is 5.26 Å². The summed E-state index contributed by atoms with van der Waals surface area (Å²) in [5.41, 5.74) is 0.278. The molecule has 1 aliphatic carbocycles. The zero-order chi connectivity index (χ0) is 13.0. The molecule has 1 N–H and O–H groups in total. The lowest BCUT2D eigenvalue weighted by atomic mass is 9.86. The number of benzene rings is 1. The monoisotopic (exact) mass is 242 g/mol. The molecule has 0 radical (unpaired) electrons. The molecule has 0 saturated heterocycles. The SMILES string of the molecule is C[C@H](NC(=O)C1(C#N)CCCC1)c1ccccc1. The van der Waals surface area contributed by atoms with Crippen molar-refractivity contribution in [2.45, 2.75) is 38.6 Å². The molecule has 3 heteroatoms. The first-order valence-electron chi connectivity index (χ1n) is 6.45. The maximum atomic E-state index is 12.2. The normalized spacial score (nSPS) is 18.9. The molecule has 1 aromatic rings. The topological polar surface area (TPSA) is 52.9 Å². The van der Waals surface area contributed by atoms with E-state index < -0.39 is 5.41 Å². The third-order valence-corrected chi connectivity index (χ3v) is 3.75. The Morgan fingerprint density at radius 2 is 1.94 bits per heavy atom. The Labute approximate surface area is 108 Å². The van der Waals surface area contributed by atoms with E-state index in [4.69, 9.17) is 0 Å². The van der Waals surface area contributed by atoms with Gasteiger partial charge in [-0.25, -0.2) is 0 Å². The van der Waals surface area contributed by atoms with E-state index in [1.54, 1.807) is 0 Å². The number of amides is 1. The largest absolute Gasteiger partial charge is 0.348 e. The average Bonchev–Trinajstić information content (AvgIpc) is 2.89. The zero-order valence-electron chi connectivity index (χ0n) is 10.6. The van der Waals surface area contributed by atoms with Crippen molar-refractivity contribution in [2.24, 2.45) is 5.41 Å². The summed E-state index contributed by atoms with van der Waals surface area (Å²) in [6.07, 6.45) is 3.33. The van der Waals surface area contributed by atoms with Crippen LogP contribution in [0.2, 0.25) is 0 Å². The molecule has 0 heterocycles. The van der Waals surface area contributed by atoms with Gasteiger partial charge in [0.05, 0.1) is 12.1 Å². The lowest BCUT2D eigenvalue weighted by Crippen LogP contribution is -2.39. The molecule has 1 aromatic carbocycles. The standard InChI is InChI=1S/C15H18N2O/c1-12(13-7-3-2-4-8-13)17-14(18)15(11-16)9-5-6-10-15/h2-4,7-8,12H,5-6,9-10H2,1H3,(H,17,18)/t12-/m0/s1. The summed E-state index contributed by atoms with van der Waals surface area (Å²) >= 11 is 0. The van der Waals surface area contributed by atoms with Gasteiger partial charge in [-0.05, 0) is 25.3 Å². The second-order valence-electron chi connectivity index (χ2n) is 5.01. The predicted octanol–water partition coefficient (Wildman–Crippen LogP) is 2.95. The first-order valence-corrected chi connectivity index (χ1v) is 6.45. The summed E-state index contributed by atoms with van der Waals surface area (Å²) in [6, 6.07) is 12.0. The maximum absolute atomic E-state index is 12.2. The maximum Gasteiger partial charge on any atom is 0.240 e. The number of hydrogen-bond acceptors (Lipinski definition) is 2. The third kappa shape index (κ3) is 2.38. The average molecular weight is 242 g/mol. The summed E-state index contributed by atoms with van der Waals surface area (Å²) in [4.78, 5) is 12.2. The molecule has 3 nitrogen and oxygen atoms in total. The summed E-state index contributed by atoms with van der Waals surface area (Å²) in [7, 11) is 0. The fourth-order valence-corrected chi connectivity index (χ4v) is 2.53. The van der Waals surface area contributed by atoms with Gasteiger partial charge < -0.3 is 5.32 Å². The van der Waals surface area contributed by atoms with Gasteiger partial charge in [0.1, 0.15) is 5.41 Å². The van der Waals surface area contributed by atoms with Gasteiger partial charge in [0.2, 0.25) is 5.91 Å². The minimum atomic E-state index is -0.789. The number of hydrogen-bond donors (Lipinski definition) is 1. The number of nitriles is 1. The predicted molar refractivity (Wildman–Crippen MR) is 69.5 cm³/mol. The van der Waals surface area contributed by atoms with Gasteiger partial charge in [0, 0.05) is 0 Å². The van der Waals surface area contributed by atoms with E-state index in [-0.39, 0.29) is 11.9 Å². The number of nitrogens with zero attached hydrogens (tertiary/aromatic N) is 1. The smallest absolute Gasteiger partial charge is 0.240 e. The van der Waals surface area contributed by atoms with Crippen molar-refractivity contribution in [3.8, 4) is 6.07 Å². The Hall–Kier alpha value is -1.82. The Balaban J connectivity index is 2.06. The molecule has 1 atom stereocenters. The zero-order valence-corrected chi connectivity index (χ0v) is 10.6. The van der Waals surface area contributed by atoms with E-state index in [1.165, 1.54) is 0 Å². The molecular formula is C15H18N2O. The molecule has 0 unspecified atom stereocenters. The highest BCUT2D eigenvalue weighted by Gasteiger charge is 2.41. The highest BCUT2D eigenvalue weighted by molar-refractivity contribution is 5.86. The third-order valence-electron chi connectivity index (χ3n) is 3.75. The van der Waals surface area contributed by atoms with Crippen LogP contribution in [0.1, 0.15) is 44.2 Å². The van der Waals surface area contributed by atoms with Crippen molar-refractivity contribution in [3.63, 3.8) is 0 Å². The molecule has 18 heavy (non-hydrogen) atoms. The van der Waals surface area contributed by atoms with E-state index in [9.17, 15) is 10.1 Å². The van der Waals surface area contributed by atoms with Crippen LogP contribution in [-0.4, -0.2) is 5.91 Å². The molecule has 0 spiro atoms. The van der Waals surface area contributed by atoms with Crippen LogP contribution in [-0.2, 0) is 4.79 Å². The fourth-order valence-electron chi connectivity index (χ4n) is 2.53. The summed E-state index contributed by atoms with van der Waals surface area (Å²) in [5, 5.41) is 12.2. The van der Waals surface area contributed by atoms with Gasteiger partial charge in [0.25, 0.3) is 0 Å². The molecule has 2 rings (SSSR count). The number of nitrogens with one attached hydrogen (secondary N) is 1. The number of rotatable bonds is 3. The molecule has 94 valence electrons. The number of carbonyl (C=O) groups is 1. The molecule has 1 amide bonds. The lowest BCUT2D eigenvalue weighted by molar-refractivity contribution is -0.128. The van der Waals surface area contributed by atoms with Crippen LogP contribution in [0.3, 0.4) is 0 Å². The highest BCUT2D eigenvalue weighted by atomic mass is 16.2. The van der Waals surface area contributed by atoms with E-state index in [2.05, 4.69) is 11.4 Å². The van der Waals surface area contributed by atoms with Gasteiger partial charge >= 0.3 is 0 Å². The van der Waals surface area contributed by atoms with E-state index >= 15 is 0 Å². The van der Waals surface area contributed by atoms with Gasteiger partial charge in [-0.3, -0.25) is 4.79 Å². The second-order valence-corrected chi connectivity index (χ2v) is 5.01. The fraction of sp³-hybridized carbons (Fsp3) is 0.467. The minimum absolute atomic E-state index is 0.0514. The molecule has 1 fully saturated rings. The van der Waals surface area contributed by atoms with Crippen LogP contribution >= 0.6 is 0 Å². The van der Waals surface area contributed by atoms with Crippen molar-refractivity contribution < 1.29 is 4.79 Å². The summed E-state index contributed by atoms with van der Waals surface area (Å²) in [6.45, 7) is 1.95. The molecule has 1 saturated carbocycles. The van der Waals surface area contributed by atoms with Crippen molar-refractivity contribution in [2.75, 3.05) is 0 Å². The van der Waals surface area contributed by atoms with Crippen LogP contribution in [0.4, 0.5) is 0 Å². The second kappa shape index (κ2) is 5.22. The van der Waals surface area contributed by atoms with Gasteiger partial charge in [-0.15, -0.1) is 0 Å². The Bertz CT molecular complexity index is 455. The molecule has 0 bridgehead atoms. The molecule has 0 aliphatic heterocycles. The molecular weight excluding hydrogens is 224 g/mol. The van der Waals surface area contributed by atoms with Crippen molar-refractivity contribution in [3.05, 3.63) is 35.9 Å². The Morgan fingerprint density at radius 1 is 1.33 bits per heavy atom. The van der Waals surface area contributed by atoms with E-state index in [0.29, 0.717) is 12.8 Å². The minimum Gasteiger partial charge on any atom is -0.348 e. The quantitative estimate of drug-likeness (QED) is 0.886. The van der Waals surface area contributed by atoms with E-state index in [0.717, 1.165) is 18.4 Å². The van der Waals surface area contributed by atoms with Gasteiger partial charge in [-0.1, -0.05) is 43.2 Å². The number of carbonyl (C=O) groups excluding carboxylic acids is 1. The van der Waals surface area contributed by atoms with Crippen LogP contribution < -0.4 is 5.32 Å². The molecule has 1 aliphatic rings. The first kappa shape index (κ1) is 12.6. The Kier molecular flexibility index (Phi) is 3.66.